The monoisotopic (exact) mass is 471 g/mol. The number of halogens is 1. The number of aliphatic hydroxyl groups excluding tert-OH is 1. The van der Waals surface area contributed by atoms with Gasteiger partial charge in [-0.1, -0.05) is 30.3 Å². The summed E-state index contributed by atoms with van der Waals surface area (Å²) in [4.78, 5) is 15.0. The van der Waals surface area contributed by atoms with E-state index in [9.17, 15) is 9.90 Å². The van der Waals surface area contributed by atoms with Gasteiger partial charge in [0.15, 0.2) is 0 Å². The van der Waals surface area contributed by atoms with Crippen LogP contribution in [0.15, 0.2) is 36.9 Å². The quantitative estimate of drug-likeness (QED) is 0.390. The first-order valence-corrected chi connectivity index (χ1v) is 11.9. The van der Waals surface area contributed by atoms with Crippen molar-refractivity contribution in [1.29, 1.82) is 0 Å². The van der Waals surface area contributed by atoms with Gasteiger partial charge in [-0.05, 0) is 79.8 Å². The van der Waals surface area contributed by atoms with Crippen molar-refractivity contribution in [2.45, 2.75) is 38.8 Å². The van der Waals surface area contributed by atoms with Crippen LogP contribution in [0.4, 0.5) is 0 Å². The topological polar surface area (TPSA) is 84.8 Å². The number of aromatic hydroxyl groups is 1. The highest BCUT2D eigenvalue weighted by Crippen LogP contribution is 2.42. The van der Waals surface area contributed by atoms with Crippen molar-refractivity contribution in [2.75, 3.05) is 32.8 Å². The van der Waals surface area contributed by atoms with Crippen molar-refractivity contribution >= 4 is 23.6 Å². The Morgan fingerprint density at radius 2 is 2.09 bits per heavy atom. The van der Waals surface area contributed by atoms with E-state index in [1.54, 1.807) is 12.1 Å². The molecule has 6 nitrogen and oxygen atoms in total. The standard InChI is InChI=1S/C26H34ClN3O3/c1-4-19-15-25(32)23(27)16-22(19)18(3)30-12-5-6-24(30)21-8-7-20(14-17(21)2)26(33)29-10-9-28-11-13-31/h4,7-8,14-16,18,24,28,31-32H,1,5-6,9-13H2,2-3H3,(H,29,33). The van der Waals surface area contributed by atoms with Crippen LogP contribution < -0.4 is 10.6 Å². The van der Waals surface area contributed by atoms with Crippen LogP contribution in [-0.4, -0.2) is 53.8 Å². The van der Waals surface area contributed by atoms with Crippen LogP contribution in [0.2, 0.25) is 5.02 Å². The molecule has 7 heteroatoms. The number of phenolic OH excluding ortho intramolecular Hbond substituents is 1. The number of hydrogen-bond donors (Lipinski definition) is 4. The van der Waals surface area contributed by atoms with Crippen LogP contribution in [0.5, 0.6) is 5.75 Å². The van der Waals surface area contributed by atoms with Gasteiger partial charge in [-0.15, -0.1) is 0 Å². The highest BCUT2D eigenvalue weighted by Gasteiger charge is 2.32. The number of phenols is 1. The zero-order chi connectivity index (χ0) is 24.0. The van der Waals surface area contributed by atoms with E-state index in [1.807, 2.05) is 18.2 Å². The molecule has 2 aromatic carbocycles. The van der Waals surface area contributed by atoms with Crippen molar-refractivity contribution in [3.8, 4) is 5.75 Å². The largest absolute Gasteiger partial charge is 0.506 e. The summed E-state index contributed by atoms with van der Waals surface area (Å²) in [5.41, 5.74) is 4.90. The molecule has 1 amide bonds. The van der Waals surface area contributed by atoms with Crippen molar-refractivity contribution in [3.05, 3.63) is 69.8 Å². The van der Waals surface area contributed by atoms with Gasteiger partial charge in [-0.25, -0.2) is 0 Å². The lowest BCUT2D eigenvalue weighted by Gasteiger charge is -2.33. The molecule has 2 unspecified atom stereocenters. The molecule has 0 bridgehead atoms. The number of aliphatic hydroxyl groups is 1. The molecule has 4 N–H and O–H groups in total. The molecule has 0 saturated carbocycles. The Bertz CT molecular complexity index is 995. The van der Waals surface area contributed by atoms with Crippen molar-refractivity contribution in [2.24, 2.45) is 0 Å². The minimum absolute atomic E-state index is 0.0642. The fraction of sp³-hybridized carbons (Fsp3) is 0.423. The van der Waals surface area contributed by atoms with E-state index in [0.717, 1.165) is 36.1 Å². The van der Waals surface area contributed by atoms with Gasteiger partial charge >= 0.3 is 0 Å². The second-order valence-corrected chi connectivity index (χ2v) is 8.92. The number of aryl methyl sites for hydroxylation is 1. The normalized spacial score (nSPS) is 17.2. The van der Waals surface area contributed by atoms with Gasteiger partial charge in [0.1, 0.15) is 5.75 Å². The number of hydrogen-bond acceptors (Lipinski definition) is 5. The number of rotatable bonds is 10. The van der Waals surface area contributed by atoms with Crippen LogP contribution in [0.1, 0.15) is 64.5 Å². The van der Waals surface area contributed by atoms with E-state index in [1.165, 1.54) is 5.56 Å². The summed E-state index contributed by atoms with van der Waals surface area (Å²) < 4.78 is 0. The lowest BCUT2D eigenvalue weighted by Crippen LogP contribution is -2.33. The number of amides is 1. The molecule has 1 aliphatic rings. The van der Waals surface area contributed by atoms with Gasteiger partial charge in [0.2, 0.25) is 0 Å². The molecule has 3 rings (SSSR count). The van der Waals surface area contributed by atoms with E-state index < -0.39 is 0 Å². The summed E-state index contributed by atoms with van der Waals surface area (Å²) in [5.74, 6) is -0.0316. The molecule has 0 aliphatic carbocycles. The molecule has 1 fully saturated rings. The average Bonchev–Trinajstić information content (AvgIpc) is 3.29. The molecular weight excluding hydrogens is 438 g/mol. The number of carbonyl (C=O) groups excluding carboxylic acids is 1. The second kappa shape index (κ2) is 11.7. The van der Waals surface area contributed by atoms with Gasteiger partial charge in [0.25, 0.3) is 5.91 Å². The Labute approximate surface area is 201 Å². The summed E-state index contributed by atoms with van der Waals surface area (Å²) in [6, 6.07) is 9.77. The summed E-state index contributed by atoms with van der Waals surface area (Å²) in [6.45, 7) is 10.8. The molecule has 33 heavy (non-hydrogen) atoms. The van der Waals surface area contributed by atoms with E-state index in [0.29, 0.717) is 30.2 Å². The van der Waals surface area contributed by atoms with Crippen LogP contribution >= 0.6 is 11.6 Å². The second-order valence-electron chi connectivity index (χ2n) is 8.51. The van der Waals surface area contributed by atoms with E-state index in [2.05, 4.69) is 42.0 Å². The van der Waals surface area contributed by atoms with Gasteiger partial charge in [0.05, 0.1) is 11.6 Å². The molecular formula is C26H34ClN3O3. The molecule has 1 aliphatic heterocycles. The number of carbonyl (C=O) groups is 1. The third-order valence-electron chi connectivity index (χ3n) is 6.38. The highest BCUT2D eigenvalue weighted by atomic mass is 35.5. The maximum atomic E-state index is 12.5. The molecule has 0 spiro atoms. The van der Waals surface area contributed by atoms with Crippen molar-refractivity contribution in [1.82, 2.24) is 15.5 Å². The zero-order valence-corrected chi connectivity index (χ0v) is 20.2. The third kappa shape index (κ3) is 5.95. The van der Waals surface area contributed by atoms with Crippen molar-refractivity contribution < 1.29 is 15.0 Å². The zero-order valence-electron chi connectivity index (χ0n) is 19.4. The Morgan fingerprint density at radius 1 is 1.30 bits per heavy atom. The molecule has 0 radical (unpaired) electrons. The predicted molar refractivity (Wildman–Crippen MR) is 134 cm³/mol. The predicted octanol–water partition coefficient (Wildman–Crippen LogP) is 4.21. The van der Waals surface area contributed by atoms with E-state index in [4.69, 9.17) is 16.7 Å². The van der Waals surface area contributed by atoms with Gasteiger partial charge in [-0.2, -0.15) is 0 Å². The number of benzene rings is 2. The minimum Gasteiger partial charge on any atom is -0.506 e. The summed E-state index contributed by atoms with van der Waals surface area (Å²) in [5, 5.41) is 25.1. The Hall–Kier alpha value is -2.38. The van der Waals surface area contributed by atoms with Gasteiger partial charge in [0, 0.05) is 37.3 Å². The lowest BCUT2D eigenvalue weighted by atomic mass is 9.94. The van der Waals surface area contributed by atoms with Crippen LogP contribution in [0, 0.1) is 6.92 Å². The first-order chi connectivity index (χ1) is 15.9. The maximum Gasteiger partial charge on any atom is 0.251 e. The van der Waals surface area contributed by atoms with Crippen LogP contribution in [-0.2, 0) is 0 Å². The van der Waals surface area contributed by atoms with Gasteiger partial charge in [-0.3, -0.25) is 9.69 Å². The smallest absolute Gasteiger partial charge is 0.251 e. The first-order valence-electron chi connectivity index (χ1n) is 11.5. The van der Waals surface area contributed by atoms with Crippen LogP contribution in [0.3, 0.4) is 0 Å². The Morgan fingerprint density at radius 3 is 2.79 bits per heavy atom. The highest BCUT2D eigenvalue weighted by molar-refractivity contribution is 6.32. The molecule has 2 aromatic rings. The summed E-state index contributed by atoms with van der Waals surface area (Å²) in [6.07, 6.45) is 3.89. The first kappa shape index (κ1) is 25.2. The fourth-order valence-electron chi connectivity index (χ4n) is 4.66. The molecule has 0 aromatic heterocycles. The maximum absolute atomic E-state index is 12.5. The molecule has 1 heterocycles. The summed E-state index contributed by atoms with van der Waals surface area (Å²) >= 11 is 6.22. The number of nitrogens with one attached hydrogen (secondary N) is 2. The van der Waals surface area contributed by atoms with E-state index in [-0.39, 0.29) is 30.3 Å². The molecule has 2 atom stereocenters. The van der Waals surface area contributed by atoms with Gasteiger partial charge < -0.3 is 20.8 Å². The molecule has 178 valence electrons. The lowest BCUT2D eigenvalue weighted by molar-refractivity contribution is 0.0953. The molecule has 1 saturated heterocycles. The summed E-state index contributed by atoms with van der Waals surface area (Å²) in [7, 11) is 0. The minimum atomic E-state index is -0.0959. The van der Waals surface area contributed by atoms with E-state index >= 15 is 0 Å². The van der Waals surface area contributed by atoms with Crippen LogP contribution in [0.25, 0.3) is 6.08 Å². The fourth-order valence-corrected chi connectivity index (χ4v) is 4.83. The van der Waals surface area contributed by atoms with Crippen molar-refractivity contribution in [3.63, 3.8) is 0 Å². The third-order valence-corrected chi connectivity index (χ3v) is 6.68. The Kier molecular flexibility index (Phi) is 8.92. The number of nitrogens with zero attached hydrogens (tertiary/aromatic N) is 1. The Balaban J connectivity index is 1.76. The SMILES string of the molecule is C=Cc1cc(O)c(Cl)cc1C(C)N1CCCC1c1ccc(C(=O)NCCNCCO)cc1C. The number of likely N-dealkylation sites (tertiary alicyclic amines) is 1. The average molecular weight is 472 g/mol.